The summed E-state index contributed by atoms with van der Waals surface area (Å²) < 4.78 is 4.95. The largest absolute Gasteiger partial charge is 0.490 e. The van der Waals surface area contributed by atoms with Crippen molar-refractivity contribution < 1.29 is 14.5 Å². The quantitative estimate of drug-likeness (QED) is 0.378. The van der Waals surface area contributed by atoms with Gasteiger partial charge in [-0.05, 0) is 31.2 Å². The molecule has 0 aliphatic heterocycles. The average molecular weight is 328 g/mol. The summed E-state index contributed by atoms with van der Waals surface area (Å²) in [5.41, 5.74) is 9.46. The summed E-state index contributed by atoms with van der Waals surface area (Å²) in [6.45, 7) is 1.63. The standard InChI is InChI=1S/C16H16N4O4/c1-10(11-7-8-15(24-2)14(9-11)20(22)23)18-19-16(21)12-5-3-4-6-13(12)17/h3-9H,17H2,1-2H3,(H,19,21)/b18-10-. The van der Waals surface area contributed by atoms with Gasteiger partial charge in [-0.2, -0.15) is 5.10 Å². The highest BCUT2D eigenvalue weighted by Gasteiger charge is 2.16. The second kappa shape index (κ2) is 7.23. The van der Waals surface area contributed by atoms with Gasteiger partial charge in [0.25, 0.3) is 5.91 Å². The minimum Gasteiger partial charge on any atom is -0.490 e. The number of nitrogens with two attached hydrogens (primary N) is 1. The number of hydrogen-bond acceptors (Lipinski definition) is 6. The first-order chi connectivity index (χ1) is 11.4. The van der Waals surface area contributed by atoms with Crippen molar-refractivity contribution in [3.8, 4) is 5.75 Å². The van der Waals surface area contributed by atoms with Gasteiger partial charge >= 0.3 is 5.69 Å². The molecule has 0 unspecified atom stereocenters. The number of carbonyl (C=O) groups excluding carboxylic acids is 1. The van der Waals surface area contributed by atoms with Crippen LogP contribution in [-0.4, -0.2) is 23.7 Å². The van der Waals surface area contributed by atoms with Crippen LogP contribution in [0.2, 0.25) is 0 Å². The lowest BCUT2D eigenvalue weighted by atomic mass is 10.1. The molecule has 0 saturated carbocycles. The Morgan fingerprint density at radius 2 is 2.00 bits per heavy atom. The van der Waals surface area contributed by atoms with Crippen LogP contribution in [0.15, 0.2) is 47.6 Å². The second-order valence-corrected chi connectivity index (χ2v) is 4.87. The molecule has 0 radical (unpaired) electrons. The number of anilines is 1. The molecule has 8 nitrogen and oxygen atoms in total. The van der Waals surface area contributed by atoms with Gasteiger partial charge in [-0.1, -0.05) is 12.1 Å². The molecule has 0 atom stereocenters. The zero-order valence-electron chi connectivity index (χ0n) is 13.1. The number of hydrazone groups is 1. The maximum absolute atomic E-state index is 12.1. The van der Waals surface area contributed by atoms with Gasteiger partial charge in [0.05, 0.1) is 23.3 Å². The monoisotopic (exact) mass is 328 g/mol. The predicted molar refractivity (Wildman–Crippen MR) is 90.2 cm³/mol. The van der Waals surface area contributed by atoms with E-state index in [1.807, 2.05) is 0 Å². The first-order valence-corrected chi connectivity index (χ1v) is 6.96. The number of nitro benzene ring substituents is 1. The molecule has 0 bridgehead atoms. The van der Waals surface area contributed by atoms with Crippen LogP contribution in [0.5, 0.6) is 5.75 Å². The fourth-order valence-corrected chi connectivity index (χ4v) is 2.02. The van der Waals surface area contributed by atoms with E-state index in [1.54, 1.807) is 37.3 Å². The Balaban J connectivity index is 2.22. The van der Waals surface area contributed by atoms with E-state index in [0.717, 1.165) is 0 Å². The van der Waals surface area contributed by atoms with Crippen LogP contribution in [0.1, 0.15) is 22.8 Å². The number of nitro groups is 1. The molecule has 0 fully saturated rings. The van der Waals surface area contributed by atoms with Crippen molar-refractivity contribution >= 4 is 23.0 Å². The number of benzene rings is 2. The Hall–Kier alpha value is -3.42. The molecular formula is C16H16N4O4. The van der Waals surface area contributed by atoms with E-state index in [9.17, 15) is 14.9 Å². The van der Waals surface area contributed by atoms with Gasteiger partial charge in [0.1, 0.15) is 0 Å². The molecule has 8 heteroatoms. The second-order valence-electron chi connectivity index (χ2n) is 4.87. The molecule has 24 heavy (non-hydrogen) atoms. The zero-order valence-corrected chi connectivity index (χ0v) is 13.1. The Morgan fingerprint density at radius 1 is 1.29 bits per heavy atom. The van der Waals surface area contributed by atoms with Crippen molar-refractivity contribution in [2.45, 2.75) is 6.92 Å². The van der Waals surface area contributed by atoms with Crippen molar-refractivity contribution in [3.05, 3.63) is 63.7 Å². The number of nitrogens with zero attached hydrogens (tertiary/aromatic N) is 2. The summed E-state index contributed by atoms with van der Waals surface area (Å²) in [6, 6.07) is 11.0. The summed E-state index contributed by atoms with van der Waals surface area (Å²) in [5, 5.41) is 15.0. The van der Waals surface area contributed by atoms with Gasteiger partial charge in [0.15, 0.2) is 5.75 Å². The fraction of sp³-hybridized carbons (Fsp3) is 0.125. The highest BCUT2D eigenvalue weighted by Crippen LogP contribution is 2.27. The van der Waals surface area contributed by atoms with Crippen LogP contribution in [0.25, 0.3) is 0 Å². The molecular weight excluding hydrogens is 312 g/mol. The molecule has 0 aliphatic rings. The lowest BCUT2D eigenvalue weighted by molar-refractivity contribution is -0.385. The number of carbonyl (C=O) groups is 1. The highest BCUT2D eigenvalue weighted by molar-refractivity contribution is 6.02. The topological polar surface area (TPSA) is 120 Å². The Labute approximate surface area is 138 Å². The summed E-state index contributed by atoms with van der Waals surface area (Å²) in [6.07, 6.45) is 0. The average Bonchev–Trinajstić information content (AvgIpc) is 2.59. The number of amides is 1. The number of nitrogen functional groups attached to an aromatic ring is 1. The van der Waals surface area contributed by atoms with Gasteiger partial charge in [0, 0.05) is 17.3 Å². The van der Waals surface area contributed by atoms with E-state index in [1.165, 1.54) is 19.2 Å². The number of methoxy groups -OCH3 is 1. The van der Waals surface area contributed by atoms with E-state index in [0.29, 0.717) is 22.5 Å². The smallest absolute Gasteiger partial charge is 0.311 e. The third-order valence-electron chi connectivity index (χ3n) is 3.32. The Kier molecular flexibility index (Phi) is 5.10. The first-order valence-electron chi connectivity index (χ1n) is 6.96. The normalized spacial score (nSPS) is 11.0. The van der Waals surface area contributed by atoms with Crippen molar-refractivity contribution in [3.63, 3.8) is 0 Å². The van der Waals surface area contributed by atoms with E-state index in [4.69, 9.17) is 10.5 Å². The molecule has 2 rings (SSSR count). The maximum Gasteiger partial charge on any atom is 0.311 e. The number of nitrogens with one attached hydrogen (secondary N) is 1. The highest BCUT2D eigenvalue weighted by atomic mass is 16.6. The third kappa shape index (κ3) is 3.67. The minimum absolute atomic E-state index is 0.151. The molecule has 0 spiro atoms. The number of rotatable bonds is 5. The van der Waals surface area contributed by atoms with Crippen LogP contribution in [0.3, 0.4) is 0 Å². The molecule has 3 N–H and O–H groups in total. The lowest BCUT2D eigenvalue weighted by Crippen LogP contribution is -2.20. The van der Waals surface area contributed by atoms with Crippen LogP contribution in [0.4, 0.5) is 11.4 Å². The molecule has 0 aromatic heterocycles. The number of ether oxygens (including phenoxy) is 1. The van der Waals surface area contributed by atoms with Crippen molar-refractivity contribution in [1.82, 2.24) is 5.43 Å². The predicted octanol–water partition coefficient (Wildman–Crippen LogP) is 2.34. The van der Waals surface area contributed by atoms with Gasteiger partial charge in [-0.3, -0.25) is 14.9 Å². The van der Waals surface area contributed by atoms with Crippen molar-refractivity contribution in [1.29, 1.82) is 0 Å². The molecule has 0 heterocycles. The van der Waals surface area contributed by atoms with Crippen molar-refractivity contribution in [2.24, 2.45) is 5.10 Å². The minimum atomic E-state index is -0.543. The van der Waals surface area contributed by atoms with Crippen LogP contribution in [-0.2, 0) is 0 Å². The molecule has 2 aromatic carbocycles. The molecule has 0 saturated heterocycles. The summed E-state index contributed by atoms with van der Waals surface area (Å²) in [5.74, 6) is -0.312. The van der Waals surface area contributed by atoms with E-state index >= 15 is 0 Å². The van der Waals surface area contributed by atoms with Crippen LogP contribution in [0, 0.1) is 10.1 Å². The van der Waals surface area contributed by atoms with Gasteiger partial charge in [0.2, 0.25) is 0 Å². The summed E-state index contributed by atoms with van der Waals surface area (Å²) >= 11 is 0. The third-order valence-corrected chi connectivity index (χ3v) is 3.32. The Bertz CT molecular complexity index is 817. The zero-order chi connectivity index (χ0) is 17.7. The maximum atomic E-state index is 12.1. The van der Waals surface area contributed by atoms with Crippen LogP contribution >= 0.6 is 0 Å². The van der Waals surface area contributed by atoms with E-state index < -0.39 is 10.8 Å². The number of para-hydroxylation sites is 1. The molecule has 0 aliphatic carbocycles. The van der Waals surface area contributed by atoms with Gasteiger partial charge in [-0.15, -0.1) is 0 Å². The van der Waals surface area contributed by atoms with Crippen molar-refractivity contribution in [2.75, 3.05) is 12.8 Å². The number of hydrogen-bond donors (Lipinski definition) is 2. The fourth-order valence-electron chi connectivity index (χ4n) is 2.02. The van der Waals surface area contributed by atoms with Gasteiger partial charge < -0.3 is 10.5 Å². The summed E-state index contributed by atoms with van der Waals surface area (Å²) in [7, 11) is 1.35. The molecule has 2 aromatic rings. The lowest BCUT2D eigenvalue weighted by Gasteiger charge is -2.06. The Morgan fingerprint density at radius 3 is 2.62 bits per heavy atom. The molecule has 124 valence electrons. The van der Waals surface area contributed by atoms with E-state index in [2.05, 4.69) is 10.5 Å². The SMILES string of the molecule is COc1ccc(/C(C)=N\NC(=O)c2ccccc2N)cc1[N+](=O)[O-]. The first kappa shape index (κ1) is 16.9. The van der Waals surface area contributed by atoms with Crippen LogP contribution < -0.4 is 15.9 Å². The van der Waals surface area contributed by atoms with E-state index in [-0.39, 0.29) is 11.4 Å². The van der Waals surface area contributed by atoms with Gasteiger partial charge in [-0.25, -0.2) is 5.43 Å². The summed E-state index contributed by atoms with van der Waals surface area (Å²) in [4.78, 5) is 22.6. The molecule has 1 amide bonds.